The van der Waals surface area contributed by atoms with E-state index in [2.05, 4.69) is 10.2 Å². The number of benzene rings is 2. The molecule has 0 bridgehead atoms. The fraction of sp³-hybridized carbons (Fsp3) is 0.238. The number of anilines is 1. The number of fused-ring (bicyclic) bond motifs is 1. The van der Waals surface area contributed by atoms with Gasteiger partial charge in [0, 0.05) is 23.2 Å². The van der Waals surface area contributed by atoms with E-state index in [0.717, 1.165) is 10.9 Å². The maximum Gasteiger partial charge on any atom is 0.318 e. The lowest BCUT2D eigenvalue weighted by atomic mass is 10.0. The molecule has 0 aliphatic carbocycles. The van der Waals surface area contributed by atoms with Gasteiger partial charge in [0.2, 0.25) is 5.91 Å². The number of carbonyl (C=O) groups is 2. The van der Waals surface area contributed by atoms with E-state index >= 15 is 0 Å². The van der Waals surface area contributed by atoms with Crippen molar-refractivity contribution >= 4 is 28.3 Å². The van der Waals surface area contributed by atoms with Gasteiger partial charge < -0.3 is 9.64 Å². The van der Waals surface area contributed by atoms with E-state index in [1.165, 1.54) is 0 Å². The van der Waals surface area contributed by atoms with Gasteiger partial charge in [-0.15, -0.1) is 0 Å². The number of hydrogen-bond acceptors (Lipinski definition) is 5. The van der Waals surface area contributed by atoms with Gasteiger partial charge in [-0.1, -0.05) is 30.3 Å². The highest BCUT2D eigenvalue weighted by Gasteiger charge is 2.38. The summed E-state index contributed by atoms with van der Waals surface area (Å²) in [7, 11) is 0. The first-order chi connectivity index (χ1) is 13.6. The van der Waals surface area contributed by atoms with Crippen molar-refractivity contribution in [1.29, 1.82) is 0 Å². The number of rotatable bonds is 4. The molecule has 1 atom stereocenters. The van der Waals surface area contributed by atoms with E-state index < -0.39 is 11.9 Å². The zero-order valence-electron chi connectivity index (χ0n) is 15.3. The molecule has 1 unspecified atom stereocenters. The molecule has 1 saturated heterocycles. The van der Waals surface area contributed by atoms with Crippen LogP contribution in [-0.2, 0) is 14.3 Å². The number of amides is 1. The third-order valence-corrected chi connectivity index (χ3v) is 4.93. The molecule has 0 saturated carbocycles. The molecular weight excluding hydrogens is 358 g/mol. The van der Waals surface area contributed by atoms with Gasteiger partial charge in [-0.3, -0.25) is 14.4 Å². The second-order valence-corrected chi connectivity index (χ2v) is 6.58. The quantitative estimate of drug-likeness (QED) is 0.557. The lowest BCUT2D eigenvalue weighted by molar-refractivity contribution is -0.150. The molecule has 28 heavy (non-hydrogen) atoms. The van der Waals surface area contributed by atoms with Gasteiger partial charge in [0.25, 0.3) is 5.56 Å². The Morgan fingerprint density at radius 3 is 2.57 bits per heavy atom. The molecule has 2 heterocycles. The highest BCUT2D eigenvalue weighted by atomic mass is 16.5. The van der Waals surface area contributed by atoms with E-state index in [1.54, 1.807) is 17.9 Å². The molecule has 0 spiro atoms. The Morgan fingerprint density at radius 1 is 1.14 bits per heavy atom. The van der Waals surface area contributed by atoms with Crippen LogP contribution in [0.4, 0.5) is 5.69 Å². The summed E-state index contributed by atoms with van der Waals surface area (Å²) in [6.07, 6.45) is 0.450. The number of ether oxygens (including phenoxy) is 1. The largest absolute Gasteiger partial charge is 0.465 e. The van der Waals surface area contributed by atoms with Crippen LogP contribution in [0.1, 0.15) is 13.3 Å². The van der Waals surface area contributed by atoms with E-state index in [-0.39, 0.29) is 18.1 Å². The van der Waals surface area contributed by atoms with Crippen LogP contribution in [0.25, 0.3) is 22.0 Å². The highest BCUT2D eigenvalue weighted by molar-refractivity contribution is 6.08. The van der Waals surface area contributed by atoms with Gasteiger partial charge in [-0.05, 0) is 31.5 Å². The third kappa shape index (κ3) is 3.05. The Kier molecular flexibility index (Phi) is 4.65. The minimum absolute atomic E-state index is 0.233. The zero-order valence-corrected chi connectivity index (χ0v) is 15.3. The second kappa shape index (κ2) is 7.26. The molecule has 1 amide bonds. The summed E-state index contributed by atoms with van der Waals surface area (Å²) in [5.74, 6) is -1.43. The van der Waals surface area contributed by atoms with E-state index in [9.17, 15) is 14.4 Å². The summed E-state index contributed by atoms with van der Waals surface area (Å²) in [6, 6.07) is 14.6. The van der Waals surface area contributed by atoms with Crippen LogP contribution < -0.4 is 10.5 Å². The average Bonchev–Trinajstić information content (AvgIpc) is 3.10. The summed E-state index contributed by atoms with van der Waals surface area (Å²) < 4.78 is 4.98. The van der Waals surface area contributed by atoms with Crippen LogP contribution >= 0.6 is 0 Å². The summed E-state index contributed by atoms with van der Waals surface area (Å²) >= 11 is 0. The fourth-order valence-electron chi connectivity index (χ4n) is 3.53. The monoisotopic (exact) mass is 377 g/mol. The topological polar surface area (TPSA) is 92.4 Å². The van der Waals surface area contributed by atoms with Crippen molar-refractivity contribution in [2.45, 2.75) is 13.3 Å². The number of carbonyl (C=O) groups excluding carboxylic acids is 2. The van der Waals surface area contributed by atoms with Crippen molar-refractivity contribution < 1.29 is 14.3 Å². The van der Waals surface area contributed by atoms with Crippen molar-refractivity contribution in [2.24, 2.45) is 5.92 Å². The number of hydrogen-bond donors (Lipinski definition) is 1. The summed E-state index contributed by atoms with van der Waals surface area (Å²) in [5.41, 5.74) is 1.97. The molecule has 4 rings (SSSR count). The standard InChI is InChI=1S/C21H19N3O4/c1-2-28-21(27)17-11-12-24(20(17)26)14-9-7-13(8-10-14)18-15-5-3-4-6-16(15)19(25)23-22-18/h3-10,17H,2,11-12H2,1H3,(H,23,25). The van der Waals surface area contributed by atoms with Gasteiger partial charge in [-0.25, -0.2) is 5.10 Å². The highest BCUT2D eigenvalue weighted by Crippen LogP contribution is 2.29. The minimum atomic E-state index is -0.732. The smallest absolute Gasteiger partial charge is 0.318 e. The van der Waals surface area contributed by atoms with E-state index in [4.69, 9.17) is 4.74 Å². The van der Waals surface area contributed by atoms with Crippen LogP contribution in [0.15, 0.2) is 53.3 Å². The van der Waals surface area contributed by atoms with E-state index in [0.29, 0.717) is 29.7 Å². The van der Waals surface area contributed by atoms with Crippen LogP contribution in [0.2, 0.25) is 0 Å². The molecular formula is C21H19N3O4. The van der Waals surface area contributed by atoms with Gasteiger partial charge in [0.05, 0.1) is 17.7 Å². The van der Waals surface area contributed by atoms with Crippen LogP contribution in [-0.4, -0.2) is 35.2 Å². The average molecular weight is 377 g/mol. The van der Waals surface area contributed by atoms with Crippen LogP contribution in [0.5, 0.6) is 0 Å². The number of nitrogens with zero attached hydrogens (tertiary/aromatic N) is 2. The Hall–Kier alpha value is -3.48. The maximum atomic E-state index is 12.6. The van der Waals surface area contributed by atoms with Crippen molar-refractivity contribution in [3.8, 4) is 11.3 Å². The van der Waals surface area contributed by atoms with Gasteiger partial charge in [-0.2, -0.15) is 5.10 Å². The Bertz CT molecular complexity index is 1100. The molecule has 142 valence electrons. The molecule has 1 fully saturated rings. The molecule has 1 aromatic heterocycles. The molecule has 7 heteroatoms. The van der Waals surface area contributed by atoms with Gasteiger partial charge in [0.15, 0.2) is 0 Å². The SMILES string of the molecule is CCOC(=O)C1CCN(c2ccc(-c3n[nH]c(=O)c4ccccc34)cc2)C1=O. The van der Waals surface area contributed by atoms with Crippen molar-refractivity contribution in [2.75, 3.05) is 18.1 Å². The Labute approximate surface area is 160 Å². The number of aromatic nitrogens is 2. The first kappa shape index (κ1) is 17.9. The number of H-pyrrole nitrogens is 1. The molecule has 2 aromatic carbocycles. The maximum absolute atomic E-state index is 12.6. The lowest BCUT2D eigenvalue weighted by Gasteiger charge is -2.17. The molecule has 1 N–H and O–H groups in total. The second-order valence-electron chi connectivity index (χ2n) is 6.58. The molecule has 1 aliphatic rings. The Balaban J connectivity index is 1.62. The molecule has 7 nitrogen and oxygen atoms in total. The molecule has 3 aromatic rings. The zero-order chi connectivity index (χ0) is 19.7. The minimum Gasteiger partial charge on any atom is -0.465 e. The Morgan fingerprint density at radius 2 is 1.86 bits per heavy atom. The fourth-order valence-corrected chi connectivity index (χ4v) is 3.53. The van der Waals surface area contributed by atoms with Crippen molar-refractivity contribution in [1.82, 2.24) is 10.2 Å². The van der Waals surface area contributed by atoms with Crippen LogP contribution in [0, 0.1) is 5.92 Å². The molecule has 1 aliphatic heterocycles. The first-order valence-corrected chi connectivity index (χ1v) is 9.16. The molecule has 0 radical (unpaired) electrons. The van der Waals surface area contributed by atoms with Crippen molar-refractivity contribution in [3.63, 3.8) is 0 Å². The summed E-state index contributed by atoms with van der Waals surface area (Å²) in [6.45, 7) is 2.46. The van der Waals surface area contributed by atoms with Crippen molar-refractivity contribution in [3.05, 3.63) is 58.9 Å². The number of aromatic amines is 1. The predicted molar refractivity (Wildman–Crippen MR) is 105 cm³/mol. The van der Waals surface area contributed by atoms with E-state index in [1.807, 2.05) is 42.5 Å². The van der Waals surface area contributed by atoms with Gasteiger partial charge >= 0.3 is 5.97 Å². The number of esters is 1. The number of nitrogens with one attached hydrogen (secondary N) is 1. The third-order valence-electron chi connectivity index (χ3n) is 4.93. The summed E-state index contributed by atoms with van der Waals surface area (Å²) in [5, 5.41) is 8.06. The lowest BCUT2D eigenvalue weighted by Crippen LogP contribution is -2.31. The first-order valence-electron chi connectivity index (χ1n) is 9.16. The van der Waals surface area contributed by atoms with Crippen LogP contribution in [0.3, 0.4) is 0 Å². The van der Waals surface area contributed by atoms with Gasteiger partial charge in [0.1, 0.15) is 5.92 Å². The normalized spacial score (nSPS) is 16.5. The predicted octanol–water partition coefficient (Wildman–Crippen LogP) is 2.51. The summed E-state index contributed by atoms with van der Waals surface area (Å²) in [4.78, 5) is 38.0.